The molecule has 0 saturated carbocycles. The number of nitrogens with zero attached hydrogens (tertiary/aromatic N) is 2. The molecule has 1 atom stereocenters. The minimum Gasteiger partial charge on any atom is -0.448 e. The third-order valence-corrected chi connectivity index (χ3v) is 2.90. The molecule has 92 valence electrons. The summed E-state index contributed by atoms with van der Waals surface area (Å²) in [5, 5.41) is 3.79. The second-order valence-electron chi connectivity index (χ2n) is 3.91. The fourth-order valence-corrected chi connectivity index (χ4v) is 1.96. The molecule has 0 aliphatic rings. The first kappa shape index (κ1) is 12.2. The summed E-state index contributed by atoms with van der Waals surface area (Å²) in [6, 6.07) is 3.77. The van der Waals surface area contributed by atoms with Crippen LogP contribution in [0.2, 0.25) is 5.22 Å². The molecule has 17 heavy (non-hydrogen) atoms. The summed E-state index contributed by atoms with van der Waals surface area (Å²) >= 11 is 5.80. The Morgan fingerprint density at radius 3 is 2.88 bits per heavy atom. The van der Waals surface area contributed by atoms with Gasteiger partial charge >= 0.3 is 0 Å². The molecule has 0 radical (unpaired) electrons. The molecule has 1 N–H and O–H groups in total. The van der Waals surface area contributed by atoms with Gasteiger partial charge in [0.05, 0.1) is 6.04 Å². The van der Waals surface area contributed by atoms with Crippen molar-refractivity contribution in [2.24, 2.45) is 7.05 Å². The van der Waals surface area contributed by atoms with Crippen molar-refractivity contribution in [1.82, 2.24) is 14.9 Å². The van der Waals surface area contributed by atoms with Crippen LogP contribution in [0, 0.1) is 0 Å². The van der Waals surface area contributed by atoms with Gasteiger partial charge in [-0.3, -0.25) is 0 Å². The van der Waals surface area contributed by atoms with Gasteiger partial charge in [0.25, 0.3) is 0 Å². The van der Waals surface area contributed by atoms with E-state index in [0.717, 1.165) is 24.6 Å². The lowest BCUT2D eigenvalue weighted by Gasteiger charge is -2.15. The van der Waals surface area contributed by atoms with Gasteiger partial charge in [0.15, 0.2) is 5.22 Å². The molecule has 4 nitrogen and oxygen atoms in total. The van der Waals surface area contributed by atoms with E-state index in [1.165, 1.54) is 0 Å². The third-order valence-electron chi connectivity index (χ3n) is 2.70. The number of hydrogen-bond donors (Lipinski definition) is 1. The van der Waals surface area contributed by atoms with Crippen LogP contribution >= 0.6 is 11.6 Å². The zero-order valence-corrected chi connectivity index (χ0v) is 10.7. The number of likely N-dealkylation sites (N-methyl/N-ethyl adjacent to an activating group) is 1. The van der Waals surface area contributed by atoms with Crippen LogP contribution in [0.1, 0.15) is 24.6 Å². The number of hydrogen-bond acceptors (Lipinski definition) is 3. The van der Waals surface area contributed by atoms with Crippen LogP contribution in [0.5, 0.6) is 0 Å². The van der Waals surface area contributed by atoms with E-state index in [4.69, 9.17) is 16.0 Å². The number of halogens is 1. The molecule has 2 aromatic rings. The first-order valence-electron chi connectivity index (χ1n) is 5.65. The van der Waals surface area contributed by atoms with Crippen molar-refractivity contribution >= 4 is 11.6 Å². The number of aryl methyl sites for hydroxylation is 1. The summed E-state index contributed by atoms with van der Waals surface area (Å²) in [4.78, 5) is 4.32. The van der Waals surface area contributed by atoms with Crippen molar-refractivity contribution in [3.8, 4) is 0 Å². The summed E-state index contributed by atoms with van der Waals surface area (Å²) < 4.78 is 7.46. The van der Waals surface area contributed by atoms with Crippen LogP contribution < -0.4 is 5.32 Å². The largest absolute Gasteiger partial charge is 0.448 e. The van der Waals surface area contributed by atoms with Gasteiger partial charge in [-0.1, -0.05) is 6.92 Å². The van der Waals surface area contributed by atoms with Crippen LogP contribution in [0.4, 0.5) is 0 Å². The zero-order valence-electron chi connectivity index (χ0n) is 9.98. The molecule has 0 fully saturated rings. The Morgan fingerprint density at radius 1 is 1.53 bits per heavy atom. The first-order valence-corrected chi connectivity index (χ1v) is 6.03. The average molecular weight is 254 g/mol. The maximum atomic E-state index is 5.80. The summed E-state index contributed by atoms with van der Waals surface area (Å²) in [5.41, 5.74) is 0. The number of furan rings is 1. The molecule has 5 heteroatoms. The predicted octanol–water partition coefficient (Wildman–Crippen LogP) is 2.56. The topological polar surface area (TPSA) is 43.0 Å². The van der Waals surface area contributed by atoms with Crippen LogP contribution in [0.15, 0.2) is 28.9 Å². The smallest absolute Gasteiger partial charge is 0.193 e. The van der Waals surface area contributed by atoms with Crippen molar-refractivity contribution in [2.75, 3.05) is 6.54 Å². The molecule has 0 saturated heterocycles. The molecule has 2 rings (SSSR count). The summed E-state index contributed by atoms with van der Waals surface area (Å²) in [6.45, 7) is 2.93. The van der Waals surface area contributed by atoms with Gasteiger partial charge in [0, 0.05) is 25.9 Å². The Hall–Kier alpha value is -1.26. The van der Waals surface area contributed by atoms with Gasteiger partial charge in [-0.25, -0.2) is 4.98 Å². The monoisotopic (exact) mass is 253 g/mol. The highest BCUT2D eigenvalue weighted by atomic mass is 35.5. The lowest BCUT2D eigenvalue weighted by molar-refractivity contribution is 0.410. The van der Waals surface area contributed by atoms with Crippen LogP contribution in [0.25, 0.3) is 0 Å². The number of aromatic nitrogens is 2. The van der Waals surface area contributed by atoms with E-state index in [1.54, 1.807) is 12.3 Å². The lowest BCUT2D eigenvalue weighted by atomic mass is 10.1. The van der Waals surface area contributed by atoms with Gasteiger partial charge in [0.2, 0.25) is 0 Å². The highest BCUT2D eigenvalue weighted by Crippen LogP contribution is 2.22. The van der Waals surface area contributed by atoms with Gasteiger partial charge in [-0.15, -0.1) is 0 Å². The first-order chi connectivity index (χ1) is 8.20. The molecule has 2 aromatic heterocycles. The Kier molecular flexibility index (Phi) is 3.86. The van der Waals surface area contributed by atoms with E-state index < -0.39 is 0 Å². The fraction of sp³-hybridized carbons (Fsp3) is 0.417. The molecule has 1 unspecified atom stereocenters. The average Bonchev–Trinajstić information content (AvgIpc) is 2.88. The zero-order chi connectivity index (χ0) is 12.3. The van der Waals surface area contributed by atoms with Crippen LogP contribution in [-0.2, 0) is 13.5 Å². The Labute approximate surface area is 106 Å². The van der Waals surface area contributed by atoms with E-state index in [-0.39, 0.29) is 6.04 Å². The Bertz CT molecular complexity index is 478. The van der Waals surface area contributed by atoms with E-state index in [0.29, 0.717) is 5.22 Å². The van der Waals surface area contributed by atoms with Crippen molar-refractivity contribution in [2.45, 2.75) is 19.4 Å². The minimum atomic E-state index is 0.105. The van der Waals surface area contributed by atoms with Gasteiger partial charge < -0.3 is 14.3 Å². The lowest BCUT2D eigenvalue weighted by Crippen LogP contribution is -2.23. The maximum Gasteiger partial charge on any atom is 0.193 e. The predicted molar refractivity (Wildman–Crippen MR) is 67.0 cm³/mol. The normalized spacial score (nSPS) is 12.9. The molecular formula is C12H16ClN3O. The van der Waals surface area contributed by atoms with Gasteiger partial charge in [0.1, 0.15) is 11.6 Å². The van der Waals surface area contributed by atoms with E-state index in [2.05, 4.69) is 17.2 Å². The third kappa shape index (κ3) is 2.90. The van der Waals surface area contributed by atoms with Crippen molar-refractivity contribution in [1.29, 1.82) is 0 Å². The maximum absolute atomic E-state index is 5.80. The molecule has 0 spiro atoms. The van der Waals surface area contributed by atoms with Crippen molar-refractivity contribution in [3.63, 3.8) is 0 Å². The number of nitrogens with one attached hydrogen (secondary N) is 1. The highest BCUT2D eigenvalue weighted by molar-refractivity contribution is 6.28. The van der Waals surface area contributed by atoms with Crippen molar-refractivity contribution < 1.29 is 4.42 Å². The van der Waals surface area contributed by atoms with Gasteiger partial charge in [-0.2, -0.15) is 0 Å². The molecule has 2 heterocycles. The van der Waals surface area contributed by atoms with Crippen LogP contribution in [0.3, 0.4) is 0 Å². The number of rotatable bonds is 5. The Morgan fingerprint density at radius 2 is 2.35 bits per heavy atom. The van der Waals surface area contributed by atoms with E-state index in [9.17, 15) is 0 Å². The van der Waals surface area contributed by atoms with Crippen molar-refractivity contribution in [3.05, 3.63) is 41.3 Å². The van der Waals surface area contributed by atoms with E-state index in [1.807, 2.05) is 23.9 Å². The number of imidazole rings is 1. The summed E-state index contributed by atoms with van der Waals surface area (Å²) in [6.07, 6.45) is 4.52. The molecule has 0 aliphatic heterocycles. The summed E-state index contributed by atoms with van der Waals surface area (Å²) in [5.74, 6) is 1.86. The molecular weight excluding hydrogens is 238 g/mol. The van der Waals surface area contributed by atoms with E-state index >= 15 is 0 Å². The minimum absolute atomic E-state index is 0.105. The second kappa shape index (κ2) is 5.38. The standard InChI is InChI=1S/C12H16ClN3O/c1-3-14-9(10-4-5-11(13)17-10)8-12-15-6-7-16(12)2/h4-7,9,14H,3,8H2,1-2H3. The quantitative estimate of drug-likeness (QED) is 0.891. The molecule has 0 aliphatic carbocycles. The molecule has 0 aromatic carbocycles. The Balaban J connectivity index is 2.15. The summed E-state index contributed by atoms with van der Waals surface area (Å²) in [7, 11) is 1.99. The van der Waals surface area contributed by atoms with Crippen LogP contribution in [-0.4, -0.2) is 16.1 Å². The highest BCUT2D eigenvalue weighted by Gasteiger charge is 2.17. The fourth-order valence-electron chi connectivity index (χ4n) is 1.81. The SMILES string of the molecule is CCNC(Cc1nccn1C)c1ccc(Cl)o1. The van der Waals surface area contributed by atoms with Gasteiger partial charge in [-0.05, 0) is 30.3 Å². The molecule has 0 amide bonds. The molecule has 0 bridgehead atoms. The second-order valence-corrected chi connectivity index (χ2v) is 4.28.